The third-order valence-electron chi connectivity index (χ3n) is 3.98. The molecule has 0 radical (unpaired) electrons. The number of Topliss-reactive ketones (excluding diaryl/α,β-unsaturated/α-hetero) is 1. The lowest BCUT2D eigenvalue weighted by Gasteiger charge is -2.48. The number of likely N-dealkylation sites (tertiary alicyclic amines) is 1. The Bertz CT molecular complexity index is 676. The van der Waals surface area contributed by atoms with Gasteiger partial charge in [0, 0.05) is 0 Å². The van der Waals surface area contributed by atoms with Crippen LogP contribution >= 0.6 is 0 Å². The van der Waals surface area contributed by atoms with E-state index in [2.05, 4.69) is 18.5 Å². The van der Waals surface area contributed by atoms with Gasteiger partial charge in [-0.2, -0.15) is 0 Å². The van der Waals surface area contributed by atoms with E-state index >= 15 is 0 Å². The summed E-state index contributed by atoms with van der Waals surface area (Å²) >= 11 is 0. The van der Waals surface area contributed by atoms with Gasteiger partial charge in [-0.3, -0.25) is 9.59 Å². The number of nitrogens with zero attached hydrogens (tertiary/aromatic N) is 1. The van der Waals surface area contributed by atoms with E-state index in [9.17, 15) is 24.3 Å². The molecule has 3 atom stereocenters. The van der Waals surface area contributed by atoms with Crippen LogP contribution in [0.2, 0.25) is 5.04 Å². The van der Waals surface area contributed by atoms with Crippen molar-refractivity contribution in [1.29, 1.82) is 0 Å². The number of β-lactam (4-membered cyclic amide) rings is 1. The summed E-state index contributed by atoms with van der Waals surface area (Å²) in [4.78, 5) is 50.4. The van der Waals surface area contributed by atoms with Crippen molar-refractivity contribution in [2.45, 2.75) is 43.9 Å². The van der Waals surface area contributed by atoms with Crippen molar-refractivity contribution in [3.63, 3.8) is 0 Å². The standard InChI is InChI=1S/C19H30N2O8Si/c1-6-8-27-17(25)15(13(23)11-29-30-19(3,4)5)21-12(10-22)14(16(21)24)20-18(26)28-9-7-2/h6-7,12,14-15,22H,1-2,8-11,30H2,3-5H3,(H,20,26)/t12?,14-,15?/m0/s1. The van der Waals surface area contributed by atoms with Gasteiger partial charge in [0.2, 0.25) is 5.91 Å². The molecule has 1 rings (SSSR count). The summed E-state index contributed by atoms with van der Waals surface area (Å²) < 4.78 is 15.2. The highest BCUT2D eigenvalue weighted by Gasteiger charge is 2.55. The fraction of sp³-hybridized carbons (Fsp3) is 0.579. The Morgan fingerprint density at radius 2 is 1.83 bits per heavy atom. The molecule has 1 heterocycles. The Morgan fingerprint density at radius 1 is 1.23 bits per heavy atom. The number of rotatable bonds is 12. The molecule has 0 aliphatic carbocycles. The summed E-state index contributed by atoms with van der Waals surface area (Å²) in [6, 6.07) is -3.73. The van der Waals surface area contributed by atoms with E-state index in [1.807, 2.05) is 20.8 Å². The highest BCUT2D eigenvalue weighted by atomic mass is 28.2. The molecule has 1 saturated heterocycles. The van der Waals surface area contributed by atoms with Crippen molar-refractivity contribution >= 4 is 33.5 Å². The van der Waals surface area contributed by atoms with E-state index in [4.69, 9.17) is 13.9 Å². The molecule has 168 valence electrons. The largest absolute Gasteiger partial charge is 0.460 e. The van der Waals surface area contributed by atoms with Crippen LogP contribution in [-0.4, -0.2) is 88.1 Å². The Kier molecular flexibility index (Phi) is 9.89. The summed E-state index contributed by atoms with van der Waals surface area (Å²) in [5.41, 5.74) is 0. The average molecular weight is 443 g/mol. The highest BCUT2D eigenvalue weighted by molar-refractivity contribution is 6.32. The van der Waals surface area contributed by atoms with Crippen molar-refractivity contribution in [3.8, 4) is 0 Å². The van der Waals surface area contributed by atoms with Crippen LogP contribution in [0.3, 0.4) is 0 Å². The fourth-order valence-corrected chi connectivity index (χ4v) is 3.61. The zero-order chi connectivity index (χ0) is 22.9. The van der Waals surface area contributed by atoms with Gasteiger partial charge < -0.3 is 29.2 Å². The number of hydrogen-bond donors (Lipinski definition) is 2. The molecule has 0 aromatic heterocycles. The molecular weight excluding hydrogens is 412 g/mol. The van der Waals surface area contributed by atoms with Crippen LogP contribution in [0, 0.1) is 0 Å². The lowest BCUT2D eigenvalue weighted by molar-refractivity contribution is -0.173. The second kappa shape index (κ2) is 11.6. The molecular formula is C19H30N2O8Si. The number of carbonyl (C=O) groups excluding carboxylic acids is 4. The number of amides is 2. The minimum Gasteiger partial charge on any atom is -0.460 e. The third-order valence-corrected chi connectivity index (χ3v) is 5.26. The zero-order valence-corrected chi connectivity index (χ0v) is 19.0. The van der Waals surface area contributed by atoms with Gasteiger partial charge in [0.05, 0.1) is 19.3 Å². The van der Waals surface area contributed by atoms with Crippen molar-refractivity contribution < 1.29 is 38.2 Å². The van der Waals surface area contributed by atoms with Gasteiger partial charge in [-0.15, -0.1) is 0 Å². The number of aliphatic hydroxyl groups is 1. The summed E-state index contributed by atoms with van der Waals surface area (Å²) in [6.45, 7) is 11.6. The zero-order valence-electron chi connectivity index (χ0n) is 17.6. The molecule has 2 unspecified atom stereocenters. The van der Waals surface area contributed by atoms with Crippen LogP contribution in [0.25, 0.3) is 0 Å². The molecule has 1 aliphatic heterocycles. The highest BCUT2D eigenvalue weighted by Crippen LogP contribution is 2.25. The quantitative estimate of drug-likeness (QED) is 0.135. The van der Waals surface area contributed by atoms with E-state index in [-0.39, 0.29) is 24.9 Å². The topological polar surface area (TPSA) is 131 Å². The lowest BCUT2D eigenvalue weighted by atomic mass is 9.91. The molecule has 1 aliphatic rings. The maximum atomic E-state index is 12.7. The van der Waals surface area contributed by atoms with Crippen molar-refractivity contribution in [2.24, 2.45) is 0 Å². The van der Waals surface area contributed by atoms with E-state index in [1.165, 1.54) is 12.2 Å². The SMILES string of the molecule is C=CCOC(=O)N[C@@H]1C(=O)N(C(C(=O)CO[SiH2]C(C)(C)C)C(=O)OCC=C)C1CO. The number of aliphatic hydroxyl groups excluding tert-OH is 1. The molecule has 0 spiro atoms. The number of alkyl carbamates (subject to hydrolysis) is 1. The number of ketones is 1. The van der Waals surface area contributed by atoms with Crippen molar-refractivity contribution in [3.05, 3.63) is 25.3 Å². The number of carbonyl (C=O) groups is 4. The molecule has 1 fully saturated rings. The number of nitrogens with one attached hydrogen (secondary N) is 1. The molecule has 0 aromatic carbocycles. The number of esters is 1. The van der Waals surface area contributed by atoms with Gasteiger partial charge in [0.25, 0.3) is 0 Å². The summed E-state index contributed by atoms with van der Waals surface area (Å²) in [7, 11) is -1.07. The second-order valence-corrected chi connectivity index (χ2v) is 10.7. The number of hydrogen-bond acceptors (Lipinski definition) is 8. The van der Waals surface area contributed by atoms with Crippen LogP contribution in [0.5, 0.6) is 0 Å². The van der Waals surface area contributed by atoms with Crippen LogP contribution in [0.4, 0.5) is 4.79 Å². The van der Waals surface area contributed by atoms with E-state index in [0.29, 0.717) is 0 Å². The molecule has 0 saturated carbocycles. The summed E-state index contributed by atoms with van der Waals surface area (Å²) in [5, 5.41) is 11.9. The van der Waals surface area contributed by atoms with Gasteiger partial charge >= 0.3 is 12.1 Å². The van der Waals surface area contributed by atoms with E-state index in [1.54, 1.807) is 0 Å². The molecule has 2 N–H and O–H groups in total. The first-order valence-corrected chi connectivity index (χ1v) is 10.7. The molecule has 0 aromatic rings. The van der Waals surface area contributed by atoms with Crippen LogP contribution in [0.15, 0.2) is 25.3 Å². The van der Waals surface area contributed by atoms with Gasteiger partial charge in [0.15, 0.2) is 21.6 Å². The molecule has 0 bridgehead atoms. The van der Waals surface area contributed by atoms with E-state index in [0.717, 1.165) is 4.90 Å². The molecule has 30 heavy (non-hydrogen) atoms. The smallest absolute Gasteiger partial charge is 0.408 e. The molecule has 10 nitrogen and oxygen atoms in total. The van der Waals surface area contributed by atoms with E-state index < -0.39 is 58.2 Å². The van der Waals surface area contributed by atoms with Crippen LogP contribution in [0.1, 0.15) is 20.8 Å². The molecule has 2 amide bonds. The normalized spacial score (nSPS) is 19.7. The Labute approximate surface area is 178 Å². The first-order valence-electron chi connectivity index (χ1n) is 9.42. The maximum absolute atomic E-state index is 12.7. The van der Waals surface area contributed by atoms with Gasteiger partial charge in [-0.1, -0.05) is 46.1 Å². The van der Waals surface area contributed by atoms with Crippen LogP contribution in [-0.2, 0) is 28.3 Å². The van der Waals surface area contributed by atoms with Crippen molar-refractivity contribution in [2.75, 3.05) is 26.4 Å². The Balaban J connectivity index is 2.94. The van der Waals surface area contributed by atoms with Crippen molar-refractivity contribution in [1.82, 2.24) is 10.2 Å². The number of ether oxygens (including phenoxy) is 2. The van der Waals surface area contributed by atoms with Crippen LogP contribution < -0.4 is 5.32 Å². The maximum Gasteiger partial charge on any atom is 0.408 e. The third kappa shape index (κ3) is 7.08. The lowest BCUT2D eigenvalue weighted by Crippen LogP contribution is -2.76. The first-order chi connectivity index (χ1) is 14.1. The fourth-order valence-electron chi connectivity index (χ4n) is 2.70. The minimum absolute atomic E-state index is 0.0652. The monoisotopic (exact) mass is 442 g/mol. The van der Waals surface area contributed by atoms with Gasteiger partial charge in [-0.25, -0.2) is 9.59 Å². The predicted octanol–water partition coefficient (Wildman–Crippen LogP) is -0.544. The summed E-state index contributed by atoms with van der Waals surface area (Å²) in [6.07, 6.45) is 1.79. The second-order valence-electron chi connectivity index (χ2n) is 7.85. The molecule has 11 heteroatoms. The van der Waals surface area contributed by atoms with Gasteiger partial charge in [0.1, 0.15) is 19.3 Å². The predicted molar refractivity (Wildman–Crippen MR) is 110 cm³/mol. The Morgan fingerprint density at radius 3 is 2.37 bits per heavy atom. The average Bonchev–Trinajstić information content (AvgIpc) is 2.67. The summed E-state index contributed by atoms with van der Waals surface area (Å²) in [5.74, 6) is -2.34. The van der Waals surface area contributed by atoms with Gasteiger partial charge in [-0.05, 0) is 5.04 Å². The Hall–Kier alpha value is -2.50. The minimum atomic E-state index is -1.59. The first kappa shape index (κ1) is 25.5.